The Labute approximate surface area is 119 Å². The van der Waals surface area contributed by atoms with Crippen molar-refractivity contribution < 1.29 is 8.42 Å². The van der Waals surface area contributed by atoms with Crippen LogP contribution < -0.4 is 0 Å². The Balaban J connectivity index is 2.01. The van der Waals surface area contributed by atoms with Gasteiger partial charge in [-0.15, -0.1) is 0 Å². The fraction of sp³-hybridized carbons (Fsp3) is 0.750. The first-order valence-electron chi connectivity index (χ1n) is 6.56. The fourth-order valence-corrected chi connectivity index (χ4v) is 3.34. The molecule has 0 radical (unpaired) electrons. The summed E-state index contributed by atoms with van der Waals surface area (Å²) in [5.41, 5.74) is 0. The first-order valence-corrected chi connectivity index (χ1v) is 8.87. The van der Waals surface area contributed by atoms with E-state index >= 15 is 0 Å². The first-order chi connectivity index (χ1) is 8.88. The van der Waals surface area contributed by atoms with Crippen LogP contribution in [-0.4, -0.2) is 42.5 Å². The predicted octanol–water partition coefficient (Wildman–Crippen LogP) is 1.99. The van der Waals surface area contributed by atoms with E-state index in [4.69, 9.17) is 10.7 Å². The van der Waals surface area contributed by atoms with Crippen molar-refractivity contribution in [2.45, 2.75) is 50.2 Å². The van der Waals surface area contributed by atoms with E-state index in [2.05, 4.69) is 16.9 Å². The molecular weight excluding hydrogens is 286 g/mol. The van der Waals surface area contributed by atoms with E-state index in [1.165, 1.54) is 25.5 Å². The minimum absolute atomic E-state index is 0.0522. The quantitative estimate of drug-likeness (QED) is 0.798. The number of piperidine rings is 1. The van der Waals surface area contributed by atoms with Gasteiger partial charge in [0.1, 0.15) is 5.82 Å². The van der Waals surface area contributed by atoms with Gasteiger partial charge in [0.25, 0.3) is 9.05 Å². The Morgan fingerprint density at radius 3 is 2.79 bits per heavy atom. The van der Waals surface area contributed by atoms with E-state index in [0.717, 1.165) is 19.5 Å². The van der Waals surface area contributed by atoms with Gasteiger partial charge in [-0.3, -0.25) is 0 Å². The Morgan fingerprint density at radius 2 is 2.21 bits per heavy atom. The molecule has 1 unspecified atom stereocenters. The van der Waals surface area contributed by atoms with Crippen molar-refractivity contribution in [3.8, 4) is 0 Å². The smallest absolute Gasteiger partial charge is 0.280 e. The van der Waals surface area contributed by atoms with Crippen molar-refractivity contribution in [2.24, 2.45) is 0 Å². The summed E-state index contributed by atoms with van der Waals surface area (Å²) >= 11 is 0. The molecule has 1 aromatic heterocycles. The molecule has 1 aliphatic heterocycles. The third kappa shape index (κ3) is 3.70. The van der Waals surface area contributed by atoms with Crippen LogP contribution >= 0.6 is 10.7 Å². The van der Waals surface area contributed by atoms with Crippen LogP contribution in [0.4, 0.5) is 0 Å². The van der Waals surface area contributed by atoms with Gasteiger partial charge in [-0.25, -0.2) is 13.4 Å². The van der Waals surface area contributed by atoms with Gasteiger partial charge in [0.05, 0.1) is 0 Å². The van der Waals surface area contributed by atoms with Crippen molar-refractivity contribution >= 4 is 19.7 Å². The lowest BCUT2D eigenvalue weighted by molar-refractivity contribution is 0.171. The second-order valence-corrected chi connectivity index (χ2v) is 7.69. The van der Waals surface area contributed by atoms with Crippen molar-refractivity contribution in [2.75, 3.05) is 13.6 Å². The maximum Gasteiger partial charge on any atom is 0.280 e. The van der Waals surface area contributed by atoms with E-state index in [1.807, 2.05) is 4.57 Å². The number of imidazole rings is 1. The van der Waals surface area contributed by atoms with Gasteiger partial charge in [-0.05, 0) is 39.8 Å². The van der Waals surface area contributed by atoms with Gasteiger partial charge < -0.3 is 9.47 Å². The molecule has 0 spiro atoms. The molecule has 0 aromatic carbocycles. The van der Waals surface area contributed by atoms with Gasteiger partial charge in [0.15, 0.2) is 5.03 Å². The summed E-state index contributed by atoms with van der Waals surface area (Å²) in [6, 6.07) is 0.576. The summed E-state index contributed by atoms with van der Waals surface area (Å²) in [4.78, 5) is 6.38. The molecule has 1 atom stereocenters. The maximum absolute atomic E-state index is 11.2. The minimum Gasteiger partial charge on any atom is -0.334 e. The Bertz CT molecular complexity index is 541. The summed E-state index contributed by atoms with van der Waals surface area (Å²) in [7, 11) is 3.73. The summed E-state index contributed by atoms with van der Waals surface area (Å²) in [5, 5.41) is -0.0522. The van der Waals surface area contributed by atoms with E-state index < -0.39 is 9.05 Å². The van der Waals surface area contributed by atoms with Crippen LogP contribution in [0.3, 0.4) is 0 Å². The Morgan fingerprint density at radius 1 is 1.47 bits per heavy atom. The largest absolute Gasteiger partial charge is 0.334 e. The molecule has 0 saturated carbocycles. The molecule has 1 aromatic rings. The van der Waals surface area contributed by atoms with E-state index in [1.54, 1.807) is 6.92 Å². The van der Waals surface area contributed by atoms with Crippen LogP contribution in [0.2, 0.25) is 0 Å². The SMILES string of the molecule is Cc1nc(S(=O)(=O)Cl)cn1CCC1CCCCN1C. The van der Waals surface area contributed by atoms with Gasteiger partial charge in [0.2, 0.25) is 0 Å². The third-order valence-corrected chi connectivity index (χ3v) is 5.00. The number of rotatable bonds is 4. The molecule has 1 fully saturated rings. The Kier molecular flexibility index (Phi) is 4.53. The van der Waals surface area contributed by atoms with Crippen LogP contribution in [0.1, 0.15) is 31.5 Å². The van der Waals surface area contributed by atoms with Crippen LogP contribution in [0.25, 0.3) is 0 Å². The van der Waals surface area contributed by atoms with E-state index in [-0.39, 0.29) is 5.03 Å². The highest BCUT2D eigenvalue weighted by Gasteiger charge is 2.20. The van der Waals surface area contributed by atoms with Crippen molar-refractivity contribution in [3.63, 3.8) is 0 Å². The van der Waals surface area contributed by atoms with Crippen LogP contribution in [0, 0.1) is 6.92 Å². The lowest BCUT2D eigenvalue weighted by Gasteiger charge is -2.32. The number of aromatic nitrogens is 2. The number of halogens is 1. The Hall–Kier alpha value is -0.590. The predicted molar refractivity (Wildman–Crippen MR) is 74.9 cm³/mol. The molecule has 1 aliphatic rings. The number of hydrogen-bond donors (Lipinski definition) is 0. The molecule has 7 heteroatoms. The highest BCUT2D eigenvalue weighted by molar-refractivity contribution is 8.13. The molecule has 108 valence electrons. The molecule has 2 heterocycles. The lowest BCUT2D eigenvalue weighted by Crippen LogP contribution is -2.36. The highest BCUT2D eigenvalue weighted by atomic mass is 35.7. The average molecular weight is 306 g/mol. The number of aryl methyl sites for hydroxylation is 2. The third-order valence-electron chi connectivity index (χ3n) is 3.83. The van der Waals surface area contributed by atoms with E-state index in [0.29, 0.717) is 11.9 Å². The summed E-state index contributed by atoms with van der Waals surface area (Å²) in [5.74, 6) is 0.692. The van der Waals surface area contributed by atoms with Crippen molar-refractivity contribution in [3.05, 3.63) is 12.0 Å². The number of hydrogen-bond acceptors (Lipinski definition) is 4. The van der Waals surface area contributed by atoms with Crippen LogP contribution in [-0.2, 0) is 15.6 Å². The zero-order valence-corrected chi connectivity index (χ0v) is 12.9. The zero-order chi connectivity index (χ0) is 14.0. The van der Waals surface area contributed by atoms with Crippen molar-refractivity contribution in [1.29, 1.82) is 0 Å². The molecule has 5 nitrogen and oxygen atoms in total. The first kappa shape index (κ1) is 14.8. The minimum atomic E-state index is -3.73. The van der Waals surface area contributed by atoms with Crippen LogP contribution in [0.15, 0.2) is 11.2 Å². The van der Waals surface area contributed by atoms with Gasteiger partial charge in [-0.2, -0.15) is 0 Å². The standard InChI is InChI=1S/C12H20ClN3O2S/c1-10-14-12(19(13,17)18)9-16(10)8-6-11-5-3-4-7-15(11)2/h9,11H,3-8H2,1-2H3. The second kappa shape index (κ2) is 5.81. The van der Waals surface area contributed by atoms with Gasteiger partial charge >= 0.3 is 0 Å². The van der Waals surface area contributed by atoms with Crippen molar-refractivity contribution in [1.82, 2.24) is 14.5 Å². The number of likely N-dealkylation sites (tertiary alicyclic amines) is 1. The summed E-state index contributed by atoms with van der Waals surface area (Å²) < 4.78 is 24.3. The zero-order valence-electron chi connectivity index (χ0n) is 11.3. The molecule has 0 amide bonds. The average Bonchev–Trinajstić information content (AvgIpc) is 2.70. The maximum atomic E-state index is 11.2. The normalized spacial score (nSPS) is 21.7. The fourth-order valence-electron chi connectivity index (χ4n) is 2.62. The molecule has 2 rings (SSSR count). The van der Waals surface area contributed by atoms with Crippen LogP contribution in [0.5, 0.6) is 0 Å². The van der Waals surface area contributed by atoms with E-state index in [9.17, 15) is 8.42 Å². The molecule has 0 aliphatic carbocycles. The lowest BCUT2D eigenvalue weighted by atomic mass is 10.0. The molecular formula is C12H20ClN3O2S. The monoisotopic (exact) mass is 305 g/mol. The molecule has 0 N–H and O–H groups in total. The topological polar surface area (TPSA) is 55.2 Å². The molecule has 1 saturated heterocycles. The summed E-state index contributed by atoms with van der Waals surface area (Å²) in [6.07, 6.45) is 6.30. The number of nitrogens with zero attached hydrogens (tertiary/aromatic N) is 3. The molecule has 19 heavy (non-hydrogen) atoms. The molecule has 0 bridgehead atoms. The van der Waals surface area contributed by atoms with Gasteiger partial charge in [0, 0.05) is 29.5 Å². The summed E-state index contributed by atoms with van der Waals surface area (Å²) in [6.45, 7) is 3.73. The highest BCUT2D eigenvalue weighted by Crippen LogP contribution is 2.20. The second-order valence-electron chi connectivity index (χ2n) is 5.18. The van der Waals surface area contributed by atoms with Gasteiger partial charge in [-0.1, -0.05) is 6.42 Å².